The lowest BCUT2D eigenvalue weighted by atomic mass is 10.2. The second-order valence-corrected chi connectivity index (χ2v) is 7.81. The van der Waals surface area contributed by atoms with Gasteiger partial charge in [0.05, 0.1) is 15.6 Å². The lowest BCUT2D eigenvalue weighted by molar-refractivity contribution is -0.155. The highest BCUT2D eigenvalue weighted by molar-refractivity contribution is 8.01. The van der Waals surface area contributed by atoms with Gasteiger partial charge in [-0.2, -0.15) is 0 Å². The van der Waals surface area contributed by atoms with Gasteiger partial charge in [0, 0.05) is 12.2 Å². The van der Waals surface area contributed by atoms with E-state index >= 15 is 0 Å². The number of carbonyl (C=O) groups excluding carboxylic acids is 3. The van der Waals surface area contributed by atoms with E-state index in [1.165, 1.54) is 0 Å². The number of para-hydroxylation sites is 1. The monoisotopic (exact) mass is 368 g/mol. The van der Waals surface area contributed by atoms with Crippen LogP contribution >= 0.6 is 23.4 Å². The maximum Gasteiger partial charge on any atom is 0.330 e. The summed E-state index contributed by atoms with van der Waals surface area (Å²) in [6, 6.07) is 6.18. The van der Waals surface area contributed by atoms with E-state index in [2.05, 4.69) is 5.32 Å². The number of ether oxygens (including phenoxy) is 1. The van der Waals surface area contributed by atoms with E-state index in [0.29, 0.717) is 22.9 Å². The number of carbonyl (C=O) groups is 3. The van der Waals surface area contributed by atoms with Crippen molar-refractivity contribution in [3.05, 3.63) is 29.3 Å². The van der Waals surface area contributed by atoms with Crippen molar-refractivity contribution in [1.29, 1.82) is 0 Å². The number of hydrogen-bond acceptors (Lipinski definition) is 5. The van der Waals surface area contributed by atoms with Crippen molar-refractivity contribution in [3.63, 3.8) is 0 Å². The molecule has 2 saturated heterocycles. The third kappa shape index (κ3) is 3.23. The van der Waals surface area contributed by atoms with E-state index in [0.717, 1.165) is 6.42 Å². The second-order valence-electron chi connectivity index (χ2n) is 5.90. The van der Waals surface area contributed by atoms with Crippen molar-refractivity contribution < 1.29 is 19.1 Å². The topological polar surface area (TPSA) is 75.7 Å². The molecule has 0 spiro atoms. The molecule has 0 radical (unpaired) electrons. The first-order valence-corrected chi connectivity index (χ1v) is 8.94. The van der Waals surface area contributed by atoms with Crippen LogP contribution in [-0.4, -0.2) is 46.0 Å². The van der Waals surface area contributed by atoms with Crippen LogP contribution in [0.25, 0.3) is 0 Å². The molecule has 3 rings (SSSR count). The van der Waals surface area contributed by atoms with Gasteiger partial charge in [0.15, 0.2) is 6.61 Å². The molecule has 0 aliphatic carbocycles. The molecule has 8 heteroatoms. The van der Waals surface area contributed by atoms with Crippen LogP contribution in [0.15, 0.2) is 24.3 Å². The number of fused-ring (bicyclic) bond motifs is 1. The molecule has 128 valence electrons. The van der Waals surface area contributed by atoms with Gasteiger partial charge in [-0.1, -0.05) is 23.7 Å². The summed E-state index contributed by atoms with van der Waals surface area (Å²) < 4.78 is 5.10. The summed E-state index contributed by atoms with van der Waals surface area (Å²) in [5, 5.41) is 2.99. The summed E-state index contributed by atoms with van der Waals surface area (Å²) in [5.41, 5.74) is 0.457. The Morgan fingerprint density at radius 2 is 2.21 bits per heavy atom. The fourth-order valence-corrected chi connectivity index (χ4v) is 4.58. The minimum absolute atomic E-state index is 0.0371. The van der Waals surface area contributed by atoms with Crippen LogP contribution in [0.1, 0.15) is 19.8 Å². The number of hydrogen-bond donors (Lipinski definition) is 1. The van der Waals surface area contributed by atoms with Crippen LogP contribution in [0, 0.1) is 0 Å². The van der Waals surface area contributed by atoms with Gasteiger partial charge in [-0.15, -0.1) is 11.8 Å². The molecule has 0 bridgehead atoms. The zero-order valence-electron chi connectivity index (χ0n) is 13.1. The lowest BCUT2D eigenvalue weighted by Crippen LogP contribution is -2.47. The minimum Gasteiger partial charge on any atom is -0.454 e. The molecule has 6 nitrogen and oxygen atoms in total. The van der Waals surface area contributed by atoms with Crippen LogP contribution in [0.3, 0.4) is 0 Å². The Labute approximate surface area is 148 Å². The van der Waals surface area contributed by atoms with E-state index < -0.39 is 24.5 Å². The summed E-state index contributed by atoms with van der Waals surface area (Å²) in [5.74, 6) is -0.564. The molecule has 24 heavy (non-hydrogen) atoms. The molecule has 2 heterocycles. The Morgan fingerprint density at radius 3 is 2.96 bits per heavy atom. The Kier molecular flexibility index (Phi) is 4.73. The molecule has 2 atom stereocenters. The van der Waals surface area contributed by atoms with Crippen LogP contribution in [0.5, 0.6) is 0 Å². The van der Waals surface area contributed by atoms with Crippen LogP contribution < -0.4 is 5.32 Å². The zero-order chi connectivity index (χ0) is 17.3. The first-order valence-electron chi connectivity index (χ1n) is 7.58. The van der Waals surface area contributed by atoms with Crippen molar-refractivity contribution >= 4 is 46.8 Å². The molecule has 2 amide bonds. The van der Waals surface area contributed by atoms with E-state index in [1.807, 2.05) is 6.92 Å². The van der Waals surface area contributed by atoms with Crippen LogP contribution in [0.4, 0.5) is 5.69 Å². The smallest absolute Gasteiger partial charge is 0.330 e. The first kappa shape index (κ1) is 17.1. The molecule has 1 aromatic carbocycles. The average Bonchev–Trinajstić information content (AvgIpc) is 3.04. The Balaban J connectivity index is 1.55. The number of rotatable bonds is 4. The van der Waals surface area contributed by atoms with Crippen molar-refractivity contribution in [2.75, 3.05) is 17.7 Å². The number of nitrogens with one attached hydrogen (secondary N) is 1. The van der Waals surface area contributed by atoms with Crippen molar-refractivity contribution in [1.82, 2.24) is 4.90 Å². The maximum atomic E-state index is 12.3. The van der Waals surface area contributed by atoms with Crippen molar-refractivity contribution in [2.24, 2.45) is 0 Å². The highest BCUT2D eigenvalue weighted by Crippen LogP contribution is 2.47. The van der Waals surface area contributed by atoms with Crippen LogP contribution in [-0.2, 0) is 19.1 Å². The van der Waals surface area contributed by atoms with Gasteiger partial charge in [-0.05, 0) is 25.5 Å². The summed E-state index contributed by atoms with van der Waals surface area (Å²) >= 11 is 7.54. The molecule has 1 N–H and O–H groups in total. The van der Waals surface area contributed by atoms with E-state index in [4.69, 9.17) is 16.3 Å². The average molecular weight is 369 g/mol. The molecule has 2 aliphatic heterocycles. The van der Waals surface area contributed by atoms with Gasteiger partial charge in [-0.3, -0.25) is 9.59 Å². The van der Waals surface area contributed by atoms with Gasteiger partial charge in [0.25, 0.3) is 5.91 Å². The Hall–Kier alpha value is -1.73. The third-order valence-corrected chi connectivity index (χ3v) is 6.05. The van der Waals surface area contributed by atoms with Gasteiger partial charge in [0.2, 0.25) is 5.91 Å². The largest absolute Gasteiger partial charge is 0.454 e. The van der Waals surface area contributed by atoms with E-state index in [-0.39, 0.29) is 10.8 Å². The summed E-state index contributed by atoms with van der Waals surface area (Å²) in [6.45, 7) is 1.55. The molecule has 1 aromatic rings. The van der Waals surface area contributed by atoms with E-state index in [9.17, 15) is 14.4 Å². The minimum atomic E-state index is -0.622. The van der Waals surface area contributed by atoms with Crippen molar-refractivity contribution in [2.45, 2.75) is 30.7 Å². The SMILES string of the molecule is C[C@]12CCC(=O)N1[C@H](C(=O)OCC(=O)Nc1ccccc1Cl)CS2. The van der Waals surface area contributed by atoms with Gasteiger partial charge in [-0.25, -0.2) is 4.79 Å². The molecule has 0 unspecified atom stereocenters. The number of nitrogens with zero attached hydrogens (tertiary/aromatic N) is 1. The summed E-state index contributed by atoms with van der Waals surface area (Å²) in [4.78, 5) is 37.4. The highest BCUT2D eigenvalue weighted by Gasteiger charge is 2.53. The molecular weight excluding hydrogens is 352 g/mol. The lowest BCUT2D eigenvalue weighted by Gasteiger charge is -2.29. The third-order valence-electron chi connectivity index (χ3n) is 4.21. The highest BCUT2D eigenvalue weighted by atomic mass is 35.5. The number of thioether (sulfide) groups is 1. The van der Waals surface area contributed by atoms with Gasteiger partial charge >= 0.3 is 5.97 Å². The number of esters is 1. The van der Waals surface area contributed by atoms with Crippen molar-refractivity contribution in [3.8, 4) is 0 Å². The zero-order valence-corrected chi connectivity index (χ0v) is 14.7. The van der Waals surface area contributed by atoms with Crippen LogP contribution in [0.2, 0.25) is 5.02 Å². The molecule has 0 aromatic heterocycles. The Bertz CT molecular complexity index is 698. The fourth-order valence-electron chi connectivity index (χ4n) is 2.98. The number of halogens is 1. The second kappa shape index (κ2) is 6.64. The molecule has 2 aliphatic rings. The maximum absolute atomic E-state index is 12.3. The first-order chi connectivity index (χ1) is 11.4. The fraction of sp³-hybridized carbons (Fsp3) is 0.438. The molecule has 0 saturated carbocycles. The summed E-state index contributed by atoms with van der Waals surface area (Å²) in [6.07, 6.45) is 1.17. The summed E-state index contributed by atoms with van der Waals surface area (Å²) in [7, 11) is 0. The molecule has 2 fully saturated rings. The van der Waals surface area contributed by atoms with E-state index in [1.54, 1.807) is 40.9 Å². The number of amides is 2. The predicted molar refractivity (Wildman–Crippen MR) is 91.8 cm³/mol. The molecular formula is C16H17ClN2O4S. The standard InChI is InChI=1S/C16H17ClN2O4S/c1-16-7-6-14(21)19(16)12(9-24-16)15(22)23-8-13(20)18-11-5-3-2-4-10(11)17/h2-5,12H,6-9H2,1H3,(H,18,20)/t12-,16-/m0/s1. The van der Waals surface area contributed by atoms with Gasteiger partial charge < -0.3 is 15.0 Å². The quantitative estimate of drug-likeness (QED) is 0.825. The van der Waals surface area contributed by atoms with Gasteiger partial charge in [0.1, 0.15) is 6.04 Å². The number of anilines is 1. The Morgan fingerprint density at radius 1 is 1.46 bits per heavy atom. The number of benzene rings is 1. The normalized spacial score (nSPS) is 25.5. The predicted octanol–water partition coefficient (Wildman–Crippen LogP) is 2.28.